The monoisotopic (exact) mass is 454 g/mol. The second kappa shape index (κ2) is 10.8. The number of benzene rings is 2. The zero-order valence-corrected chi connectivity index (χ0v) is 18.9. The lowest BCUT2D eigenvalue weighted by Crippen LogP contribution is -2.43. The molecule has 0 bridgehead atoms. The van der Waals surface area contributed by atoms with Crippen LogP contribution in [0, 0.1) is 6.92 Å². The summed E-state index contributed by atoms with van der Waals surface area (Å²) in [7, 11) is 1.51. The van der Waals surface area contributed by atoms with E-state index in [0.29, 0.717) is 0 Å². The van der Waals surface area contributed by atoms with Gasteiger partial charge in [-0.25, -0.2) is 4.79 Å². The molecule has 0 aliphatic carbocycles. The molecule has 2 aromatic carbocycles. The quantitative estimate of drug-likeness (QED) is 0.480. The summed E-state index contributed by atoms with van der Waals surface area (Å²) < 4.78 is 6.38. The molecule has 168 valence electrons. The van der Waals surface area contributed by atoms with Crippen LogP contribution in [0.1, 0.15) is 11.1 Å². The number of nitrogens with two attached hydrogens (primary N) is 1. The van der Waals surface area contributed by atoms with Crippen LogP contribution in [0.2, 0.25) is 0 Å². The highest BCUT2D eigenvalue weighted by Gasteiger charge is 2.24. The first-order valence-electron chi connectivity index (χ1n) is 10.1. The minimum Gasteiger partial charge on any atom is -0.383 e. The largest absolute Gasteiger partial charge is 0.383 e. The first kappa shape index (κ1) is 23.4. The number of hydrogen-bond donors (Lipinski definition) is 2. The SMILES string of the molecule is COCCN(C(=O)CSc1ccc(C)cc1)c1c(N)n(Cc2ccccc2)c(=O)[nH]c1=O. The second-order valence-electron chi connectivity index (χ2n) is 7.20. The molecule has 0 radical (unpaired) electrons. The molecule has 1 heterocycles. The standard InChI is InChI=1S/C23H26N4O4S/c1-16-8-10-18(11-9-16)32-15-19(28)26(12-13-31-2)20-21(24)27(23(30)25-22(20)29)14-17-6-4-3-5-7-17/h3-11H,12-15,24H2,1-2H3,(H,25,29,30). The Kier molecular flexibility index (Phi) is 7.91. The molecule has 0 spiro atoms. The van der Waals surface area contributed by atoms with E-state index in [4.69, 9.17) is 10.5 Å². The van der Waals surface area contributed by atoms with Gasteiger partial charge in [-0.2, -0.15) is 0 Å². The number of amides is 1. The van der Waals surface area contributed by atoms with Gasteiger partial charge in [0.05, 0.1) is 18.9 Å². The maximum atomic E-state index is 13.1. The number of carbonyl (C=O) groups is 1. The van der Waals surface area contributed by atoms with Gasteiger partial charge >= 0.3 is 5.69 Å². The van der Waals surface area contributed by atoms with Crippen molar-refractivity contribution in [2.24, 2.45) is 0 Å². The van der Waals surface area contributed by atoms with Gasteiger partial charge in [-0.15, -0.1) is 11.8 Å². The van der Waals surface area contributed by atoms with E-state index in [1.165, 1.54) is 28.3 Å². The van der Waals surface area contributed by atoms with E-state index < -0.39 is 11.2 Å². The molecule has 3 N–H and O–H groups in total. The number of aromatic amines is 1. The Balaban J connectivity index is 1.92. The predicted octanol–water partition coefficient (Wildman–Crippen LogP) is 2.25. The van der Waals surface area contributed by atoms with Gasteiger partial charge in [0.15, 0.2) is 5.69 Å². The van der Waals surface area contributed by atoms with Crippen LogP contribution < -0.4 is 21.9 Å². The summed E-state index contributed by atoms with van der Waals surface area (Å²) in [5.41, 5.74) is 6.85. The van der Waals surface area contributed by atoms with Crippen molar-refractivity contribution < 1.29 is 9.53 Å². The van der Waals surface area contributed by atoms with E-state index in [0.717, 1.165) is 16.0 Å². The van der Waals surface area contributed by atoms with Gasteiger partial charge < -0.3 is 15.4 Å². The number of rotatable bonds is 9. The molecule has 0 unspecified atom stereocenters. The molecular weight excluding hydrogens is 428 g/mol. The number of aromatic nitrogens is 2. The molecule has 0 saturated carbocycles. The Bertz CT molecular complexity index is 1170. The number of thioether (sulfide) groups is 1. The molecule has 8 nitrogen and oxygen atoms in total. The average Bonchev–Trinajstić information content (AvgIpc) is 2.79. The number of anilines is 2. The Morgan fingerprint density at radius 3 is 2.47 bits per heavy atom. The topological polar surface area (TPSA) is 110 Å². The summed E-state index contributed by atoms with van der Waals surface area (Å²) in [4.78, 5) is 42.8. The summed E-state index contributed by atoms with van der Waals surface area (Å²) in [6, 6.07) is 17.1. The van der Waals surface area contributed by atoms with Crippen LogP contribution in [0.25, 0.3) is 0 Å². The van der Waals surface area contributed by atoms with Crippen LogP contribution in [-0.4, -0.2) is 41.5 Å². The van der Waals surface area contributed by atoms with E-state index in [-0.39, 0.29) is 42.9 Å². The van der Waals surface area contributed by atoms with Crippen LogP contribution >= 0.6 is 11.8 Å². The Morgan fingerprint density at radius 1 is 1.12 bits per heavy atom. The number of nitrogens with zero attached hydrogens (tertiary/aromatic N) is 2. The van der Waals surface area contributed by atoms with Crippen molar-refractivity contribution in [2.75, 3.05) is 36.6 Å². The molecule has 32 heavy (non-hydrogen) atoms. The van der Waals surface area contributed by atoms with Crippen LogP contribution in [0.15, 0.2) is 69.1 Å². The van der Waals surface area contributed by atoms with Crippen LogP contribution in [-0.2, 0) is 16.1 Å². The molecule has 0 saturated heterocycles. The number of nitrogen functional groups attached to an aromatic ring is 1. The minimum atomic E-state index is -0.707. The fraction of sp³-hybridized carbons (Fsp3) is 0.261. The first-order chi connectivity index (χ1) is 15.4. The molecule has 9 heteroatoms. The summed E-state index contributed by atoms with van der Waals surface area (Å²) in [5, 5.41) is 0. The Hall–Kier alpha value is -3.30. The van der Waals surface area contributed by atoms with Gasteiger partial charge in [0.2, 0.25) is 5.91 Å². The van der Waals surface area contributed by atoms with E-state index in [1.807, 2.05) is 61.5 Å². The molecule has 0 aliphatic rings. The lowest BCUT2D eigenvalue weighted by molar-refractivity contribution is -0.116. The molecule has 3 rings (SSSR count). The number of aryl methyl sites for hydroxylation is 1. The summed E-state index contributed by atoms with van der Waals surface area (Å²) in [5.74, 6) is -0.272. The van der Waals surface area contributed by atoms with Crippen molar-refractivity contribution in [2.45, 2.75) is 18.4 Å². The predicted molar refractivity (Wildman–Crippen MR) is 127 cm³/mol. The molecule has 1 aromatic heterocycles. The minimum absolute atomic E-state index is 0.0490. The number of hydrogen-bond acceptors (Lipinski definition) is 6. The highest BCUT2D eigenvalue weighted by atomic mass is 32.2. The third kappa shape index (κ3) is 5.68. The van der Waals surface area contributed by atoms with Crippen molar-refractivity contribution in [3.63, 3.8) is 0 Å². The van der Waals surface area contributed by atoms with Gasteiger partial charge in [-0.3, -0.25) is 19.1 Å². The number of nitrogens with one attached hydrogen (secondary N) is 1. The van der Waals surface area contributed by atoms with Crippen molar-refractivity contribution in [1.29, 1.82) is 0 Å². The molecule has 0 atom stereocenters. The Labute approximate surface area is 190 Å². The fourth-order valence-corrected chi connectivity index (χ4v) is 3.94. The third-order valence-corrected chi connectivity index (χ3v) is 5.87. The highest BCUT2D eigenvalue weighted by Crippen LogP contribution is 2.22. The number of H-pyrrole nitrogens is 1. The number of methoxy groups -OCH3 is 1. The molecule has 1 amide bonds. The van der Waals surface area contributed by atoms with Crippen LogP contribution in [0.3, 0.4) is 0 Å². The highest BCUT2D eigenvalue weighted by molar-refractivity contribution is 8.00. The second-order valence-corrected chi connectivity index (χ2v) is 8.25. The summed E-state index contributed by atoms with van der Waals surface area (Å²) >= 11 is 1.36. The van der Waals surface area contributed by atoms with E-state index >= 15 is 0 Å². The van der Waals surface area contributed by atoms with E-state index in [9.17, 15) is 14.4 Å². The lowest BCUT2D eigenvalue weighted by atomic mass is 10.2. The van der Waals surface area contributed by atoms with Crippen LogP contribution in [0.4, 0.5) is 11.5 Å². The molecular formula is C23H26N4O4S. The summed E-state index contributed by atoms with van der Waals surface area (Å²) in [6.07, 6.45) is 0. The normalized spacial score (nSPS) is 10.8. The third-order valence-electron chi connectivity index (χ3n) is 4.87. The van der Waals surface area contributed by atoms with Gasteiger partial charge in [0.25, 0.3) is 5.56 Å². The van der Waals surface area contributed by atoms with Crippen molar-refractivity contribution >= 4 is 29.2 Å². The zero-order valence-electron chi connectivity index (χ0n) is 18.0. The van der Waals surface area contributed by atoms with Crippen molar-refractivity contribution in [3.05, 3.63) is 86.6 Å². The smallest absolute Gasteiger partial charge is 0.330 e. The molecule has 3 aromatic rings. The van der Waals surface area contributed by atoms with Gasteiger partial charge in [0.1, 0.15) is 5.82 Å². The molecule has 0 fully saturated rings. The van der Waals surface area contributed by atoms with E-state index in [1.54, 1.807) is 0 Å². The number of carbonyl (C=O) groups excluding carboxylic acids is 1. The average molecular weight is 455 g/mol. The maximum absolute atomic E-state index is 13.1. The first-order valence-corrected chi connectivity index (χ1v) is 11.0. The fourth-order valence-electron chi connectivity index (χ4n) is 3.16. The summed E-state index contributed by atoms with van der Waals surface area (Å²) in [6.45, 7) is 2.49. The van der Waals surface area contributed by atoms with Gasteiger partial charge in [0, 0.05) is 18.6 Å². The van der Waals surface area contributed by atoms with Crippen LogP contribution in [0.5, 0.6) is 0 Å². The van der Waals surface area contributed by atoms with E-state index in [2.05, 4.69) is 4.98 Å². The van der Waals surface area contributed by atoms with Crippen molar-refractivity contribution in [1.82, 2.24) is 9.55 Å². The zero-order chi connectivity index (χ0) is 23.1. The molecule has 0 aliphatic heterocycles. The van der Waals surface area contributed by atoms with Gasteiger partial charge in [-0.05, 0) is 24.6 Å². The van der Waals surface area contributed by atoms with Gasteiger partial charge in [-0.1, -0.05) is 48.0 Å². The number of ether oxygens (including phenoxy) is 1. The Morgan fingerprint density at radius 2 is 1.81 bits per heavy atom. The van der Waals surface area contributed by atoms with Crippen molar-refractivity contribution in [3.8, 4) is 0 Å². The lowest BCUT2D eigenvalue weighted by Gasteiger charge is -2.24. The maximum Gasteiger partial charge on any atom is 0.330 e.